The maximum atomic E-state index is 12.8. The fraction of sp³-hybridized carbons (Fsp3) is 0.638. The van der Waals surface area contributed by atoms with E-state index in [0.29, 0.717) is 19.3 Å². The Morgan fingerprint density at radius 1 is 0.429 bits per heavy atom. The van der Waals surface area contributed by atoms with Gasteiger partial charge in [0, 0.05) is 12.8 Å². The molecule has 11 nitrogen and oxygen atoms in total. The van der Waals surface area contributed by atoms with Crippen LogP contribution in [-0.2, 0) is 42.2 Å². The number of phosphoric ester groups is 1. The first-order chi connectivity index (χ1) is 34.2. The third kappa shape index (κ3) is 49.1. The Kier molecular flexibility index (Phi) is 48.7. The van der Waals surface area contributed by atoms with Gasteiger partial charge in [-0.15, -0.1) is 0 Å². The SMILES string of the molecule is CC/C=C\C/C=C\C/C=C\C/C=C\C/C=C\CC(=O)OC(COC(=O)CCCCCCCC/C=C\C/C=C\C/C=C\C/C=C\CC)COP(=O)(O)OCC(CO)OC(=O)CCCCCCCCCCC. The van der Waals surface area contributed by atoms with E-state index < -0.39 is 57.8 Å². The van der Waals surface area contributed by atoms with E-state index in [-0.39, 0.29) is 25.9 Å². The minimum atomic E-state index is -4.77. The van der Waals surface area contributed by atoms with Crippen molar-refractivity contribution in [2.75, 3.05) is 26.4 Å². The second kappa shape index (κ2) is 51.5. The molecule has 0 aliphatic heterocycles. The van der Waals surface area contributed by atoms with Crippen LogP contribution in [-0.4, -0.2) is 66.5 Å². The zero-order valence-corrected chi connectivity index (χ0v) is 44.6. The highest BCUT2D eigenvalue weighted by atomic mass is 31.2. The maximum Gasteiger partial charge on any atom is 0.472 e. The third-order valence-electron chi connectivity index (χ3n) is 10.7. The lowest BCUT2D eigenvalue weighted by atomic mass is 10.1. The Morgan fingerprint density at radius 3 is 1.26 bits per heavy atom. The van der Waals surface area contributed by atoms with Gasteiger partial charge in [-0.05, 0) is 83.5 Å². The van der Waals surface area contributed by atoms with E-state index in [4.69, 9.17) is 23.3 Å². The van der Waals surface area contributed by atoms with Gasteiger partial charge in [-0.1, -0.05) is 207 Å². The summed E-state index contributed by atoms with van der Waals surface area (Å²) >= 11 is 0. The highest BCUT2D eigenvalue weighted by Gasteiger charge is 2.28. The normalized spacial score (nSPS) is 14.3. The third-order valence-corrected chi connectivity index (χ3v) is 11.7. The summed E-state index contributed by atoms with van der Waals surface area (Å²) in [5.74, 6) is -1.65. The minimum Gasteiger partial charge on any atom is -0.462 e. The van der Waals surface area contributed by atoms with Crippen molar-refractivity contribution in [3.05, 3.63) is 109 Å². The predicted octanol–water partition coefficient (Wildman–Crippen LogP) is 15.5. The molecule has 0 aliphatic rings. The molecule has 0 fully saturated rings. The second-order valence-corrected chi connectivity index (χ2v) is 18.8. The van der Waals surface area contributed by atoms with E-state index in [2.05, 4.69) is 106 Å². The molecule has 0 saturated heterocycles. The Hall–Kier alpha value is -3.86. The standard InChI is InChI=1S/C58H95O11P/c1-4-7-10-13-16-19-21-23-25-26-27-28-30-31-33-36-38-41-44-47-56(60)65-51-55(69-58(62)49-46-43-40-37-34-32-29-24-22-20-17-14-11-8-5-2)53-67-70(63,64)66-52-54(50-59)68-57(61)48-45-42-39-35-18-15-12-9-6-3/h7-8,10-11,16-17,19-20,23-25,27-29,34,37,43,46,54-55,59H,4-6,9,12-15,18,21-22,26,30-33,35-36,38-42,44-45,47-53H2,1-3H3,(H,63,64)/b10-7-,11-8-,19-16-,20-17-,25-23-,28-27-,29-24-,37-34-,46-43-. The zero-order chi connectivity index (χ0) is 51.3. The van der Waals surface area contributed by atoms with Crippen molar-refractivity contribution in [3.63, 3.8) is 0 Å². The monoisotopic (exact) mass is 999 g/mol. The van der Waals surface area contributed by atoms with Gasteiger partial charge in [0.1, 0.15) is 12.7 Å². The summed E-state index contributed by atoms with van der Waals surface area (Å²) in [6, 6.07) is 0. The summed E-state index contributed by atoms with van der Waals surface area (Å²) in [6.45, 7) is 4.24. The molecule has 0 aromatic heterocycles. The average molecular weight is 999 g/mol. The van der Waals surface area contributed by atoms with Crippen LogP contribution < -0.4 is 0 Å². The second-order valence-electron chi connectivity index (χ2n) is 17.3. The van der Waals surface area contributed by atoms with Crippen molar-refractivity contribution in [1.29, 1.82) is 0 Å². The smallest absolute Gasteiger partial charge is 0.462 e. The molecule has 70 heavy (non-hydrogen) atoms. The number of carbonyl (C=O) groups excluding carboxylic acids is 3. The largest absolute Gasteiger partial charge is 0.472 e. The van der Waals surface area contributed by atoms with E-state index in [0.717, 1.165) is 109 Å². The summed E-state index contributed by atoms with van der Waals surface area (Å²) in [7, 11) is -4.77. The Bertz CT molecular complexity index is 1590. The van der Waals surface area contributed by atoms with Crippen LogP contribution in [0.2, 0.25) is 0 Å². The number of phosphoric acid groups is 1. The molecule has 3 atom stereocenters. The number of hydrogen-bond acceptors (Lipinski definition) is 10. The molecule has 0 amide bonds. The van der Waals surface area contributed by atoms with Crippen molar-refractivity contribution in [1.82, 2.24) is 0 Å². The fourth-order valence-corrected chi connectivity index (χ4v) is 7.50. The molecule has 0 rings (SSSR count). The molecular formula is C58H95O11P. The highest BCUT2D eigenvalue weighted by molar-refractivity contribution is 7.47. The summed E-state index contributed by atoms with van der Waals surface area (Å²) in [6.07, 6.45) is 61.0. The van der Waals surface area contributed by atoms with E-state index >= 15 is 0 Å². The van der Waals surface area contributed by atoms with Gasteiger partial charge in [0.15, 0.2) is 6.10 Å². The molecule has 0 saturated carbocycles. The van der Waals surface area contributed by atoms with Gasteiger partial charge in [-0.25, -0.2) is 4.57 Å². The molecule has 0 aromatic carbocycles. The van der Waals surface area contributed by atoms with E-state index in [1.54, 1.807) is 6.08 Å². The number of unbranched alkanes of at least 4 members (excludes halogenated alkanes) is 14. The van der Waals surface area contributed by atoms with E-state index in [1.165, 1.54) is 32.1 Å². The number of rotatable bonds is 48. The van der Waals surface area contributed by atoms with Crippen molar-refractivity contribution < 1.29 is 52.2 Å². The fourth-order valence-electron chi connectivity index (χ4n) is 6.72. The lowest BCUT2D eigenvalue weighted by Gasteiger charge is -2.21. The van der Waals surface area contributed by atoms with Crippen molar-refractivity contribution in [2.24, 2.45) is 0 Å². The first kappa shape index (κ1) is 66.1. The molecule has 2 N–H and O–H groups in total. The summed E-state index contributed by atoms with van der Waals surface area (Å²) < 4.78 is 39.2. The molecule has 3 unspecified atom stereocenters. The maximum absolute atomic E-state index is 12.8. The van der Waals surface area contributed by atoms with Gasteiger partial charge in [-0.3, -0.25) is 23.4 Å². The molecule has 398 valence electrons. The molecule has 0 bridgehead atoms. The summed E-state index contributed by atoms with van der Waals surface area (Å²) in [5.41, 5.74) is 0. The zero-order valence-electron chi connectivity index (χ0n) is 43.7. The van der Waals surface area contributed by atoms with Crippen LogP contribution in [0.5, 0.6) is 0 Å². The van der Waals surface area contributed by atoms with Crippen molar-refractivity contribution in [3.8, 4) is 0 Å². The Balaban J connectivity index is 4.87. The number of hydrogen-bond donors (Lipinski definition) is 2. The first-order valence-electron chi connectivity index (χ1n) is 26.8. The summed E-state index contributed by atoms with van der Waals surface area (Å²) in [4.78, 5) is 48.3. The first-order valence-corrected chi connectivity index (χ1v) is 28.3. The van der Waals surface area contributed by atoms with Crippen LogP contribution in [0.1, 0.15) is 201 Å². The van der Waals surface area contributed by atoms with Crippen LogP contribution in [0.4, 0.5) is 0 Å². The quantitative estimate of drug-likeness (QED) is 0.0197. The number of ether oxygens (including phenoxy) is 3. The van der Waals surface area contributed by atoms with Crippen LogP contribution >= 0.6 is 7.82 Å². The number of aliphatic hydroxyl groups is 1. The molecule has 0 spiro atoms. The molecule has 0 radical (unpaired) electrons. The Morgan fingerprint density at radius 2 is 0.800 bits per heavy atom. The highest BCUT2D eigenvalue weighted by Crippen LogP contribution is 2.43. The number of aliphatic hydroxyl groups excluding tert-OH is 1. The van der Waals surface area contributed by atoms with Gasteiger partial charge in [0.05, 0.1) is 26.2 Å². The van der Waals surface area contributed by atoms with Crippen LogP contribution in [0, 0.1) is 0 Å². The molecule has 12 heteroatoms. The summed E-state index contributed by atoms with van der Waals surface area (Å²) in [5, 5.41) is 9.75. The molecular weight excluding hydrogens is 904 g/mol. The van der Waals surface area contributed by atoms with Crippen LogP contribution in [0.25, 0.3) is 0 Å². The molecule has 0 aliphatic carbocycles. The number of carbonyl (C=O) groups is 3. The predicted molar refractivity (Wildman–Crippen MR) is 288 cm³/mol. The topological polar surface area (TPSA) is 155 Å². The van der Waals surface area contributed by atoms with Gasteiger partial charge in [-0.2, -0.15) is 0 Å². The lowest BCUT2D eigenvalue weighted by Crippen LogP contribution is -2.30. The number of allylic oxidation sites excluding steroid dienone is 17. The number of esters is 3. The van der Waals surface area contributed by atoms with Crippen molar-refractivity contribution >= 4 is 25.7 Å². The molecule has 0 heterocycles. The van der Waals surface area contributed by atoms with Gasteiger partial charge in [0.25, 0.3) is 0 Å². The van der Waals surface area contributed by atoms with Crippen LogP contribution in [0.15, 0.2) is 109 Å². The van der Waals surface area contributed by atoms with E-state index in [1.807, 2.05) is 18.2 Å². The Labute approximate surface area is 425 Å². The van der Waals surface area contributed by atoms with E-state index in [9.17, 15) is 28.9 Å². The van der Waals surface area contributed by atoms with Gasteiger partial charge in [0.2, 0.25) is 0 Å². The lowest BCUT2D eigenvalue weighted by molar-refractivity contribution is -0.160. The van der Waals surface area contributed by atoms with Crippen molar-refractivity contribution in [2.45, 2.75) is 213 Å². The van der Waals surface area contributed by atoms with Gasteiger partial charge < -0.3 is 24.2 Å². The van der Waals surface area contributed by atoms with Gasteiger partial charge >= 0.3 is 25.7 Å². The molecule has 0 aromatic rings. The minimum absolute atomic E-state index is 0.0721. The van der Waals surface area contributed by atoms with Crippen LogP contribution in [0.3, 0.4) is 0 Å². The average Bonchev–Trinajstić information content (AvgIpc) is 3.35.